The van der Waals surface area contributed by atoms with Crippen LogP contribution in [0.4, 0.5) is 5.69 Å². The molecule has 5 nitrogen and oxygen atoms in total. The number of amides is 1. The van der Waals surface area contributed by atoms with Crippen LogP contribution in [0.5, 0.6) is 0 Å². The molecule has 116 valence electrons. The lowest BCUT2D eigenvalue weighted by Gasteiger charge is -2.14. The van der Waals surface area contributed by atoms with E-state index in [0.29, 0.717) is 12.5 Å². The average molecular weight is 298 g/mol. The zero-order valence-electron chi connectivity index (χ0n) is 13.1. The van der Waals surface area contributed by atoms with Gasteiger partial charge in [-0.2, -0.15) is 5.10 Å². The fourth-order valence-corrected chi connectivity index (χ4v) is 2.99. The molecule has 0 bridgehead atoms. The summed E-state index contributed by atoms with van der Waals surface area (Å²) < 4.78 is 1.87. The van der Waals surface area contributed by atoms with E-state index in [0.717, 1.165) is 42.1 Å². The third-order valence-corrected chi connectivity index (χ3v) is 4.01. The van der Waals surface area contributed by atoms with Gasteiger partial charge in [-0.15, -0.1) is 0 Å². The van der Waals surface area contributed by atoms with Gasteiger partial charge < -0.3 is 10.6 Å². The molecule has 3 rings (SSSR count). The highest BCUT2D eigenvalue weighted by Crippen LogP contribution is 2.22. The molecule has 1 aliphatic rings. The molecule has 0 radical (unpaired) electrons. The summed E-state index contributed by atoms with van der Waals surface area (Å²) in [6, 6.07) is 10.1. The topological polar surface area (TPSA) is 59.0 Å². The monoisotopic (exact) mass is 298 g/mol. The first kappa shape index (κ1) is 14.8. The number of aryl methyl sites for hydroxylation is 2. The molecule has 1 aromatic carbocycles. The van der Waals surface area contributed by atoms with E-state index in [-0.39, 0.29) is 5.91 Å². The second-order valence-corrected chi connectivity index (χ2v) is 5.90. The molecular formula is C17H22N4O. The number of nitrogens with one attached hydrogen (secondary N) is 2. The minimum atomic E-state index is 0.0494. The minimum Gasteiger partial charge on any atom is -0.324 e. The highest BCUT2D eigenvalue weighted by molar-refractivity contribution is 5.93. The molecule has 1 atom stereocenters. The van der Waals surface area contributed by atoms with E-state index < -0.39 is 0 Å². The Hall–Kier alpha value is -2.14. The van der Waals surface area contributed by atoms with Crippen LogP contribution < -0.4 is 10.6 Å². The highest BCUT2D eigenvalue weighted by atomic mass is 16.1. The number of anilines is 1. The first-order valence-electron chi connectivity index (χ1n) is 7.79. The van der Waals surface area contributed by atoms with Gasteiger partial charge in [0.05, 0.1) is 17.1 Å². The Morgan fingerprint density at radius 1 is 1.41 bits per heavy atom. The summed E-state index contributed by atoms with van der Waals surface area (Å²) in [5.74, 6) is 0.0494. The van der Waals surface area contributed by atoms with Crippen LogP contribution in [0.15, 0.2) is 30.3 Å². The lowest BCUT2D eigenvalue weighted by molar-refractivity contribution is -0.116. The van der Waals surface area contributed by atoms with Gasteiger partial charge in [-0.05, 0) is 51.4 Å². The third kappa shape index (κ3) is 3.20. The van der Waals surface area contributed by atoms with E-state index in [9.17, 15) is 4.79 Å². The van der Waals surface area contributed by atoms with Gasteiger partial charge >= 0.3 is 0 Å². The average Bonchev–Trinajstić information content (AvgIpc) is 3.09. The Labute approximate surface area is 130 Å². The van der Waals surface area contributed by atoms with E-state index in [2.05, 4.69) is 15.7 Å². The van der Waals surface area contributed by atoms with Crippen molar-refractivity contribution in [1.82, 2.24) is 15.1 Å². The van der Waals surface area contributed by atoms with Crippen LogP contribution in [0, 0.1) is 13.8 Å². The van der Waals surface area contributed by atoms with Crippen molar-refractivity contribution in [3.05, 3.63) is 41.7 Å². The maximum atomic E-state index is 12.3. The summed E-state index contributed by atoms with van der Waals surface area (Å²) >= 11 is 0. The standard InChI is InChI=1S/C17H22N4O/c1-12-10-13(2)21(20-12)16-8-4-3-7-15(16)19-17(22)11-14-6-5-9-18-14/h3-4,7-8,10,14,18H,5-6,9,11H2,1-2H3,(H,19,22). The molecule has 1 aromatic heterocycles. The second-order valence-electron chi connectivity index (χ2n) is 5.90. The number of nitrogens with zero attached hydrogens (tertiary/aromatic N) is 2. The fraction of sp³-hybridized carbons (Fsp3) is 0.412. The minimum absolute atomic E-state index is 0.0494. The number of hydrogen-bond acceptors (Lipinski definition) is 3. The first-order chi connectivity index (χ1) is 10.6. The van der Waals surface area contributed by atoms with Gasteiger partial charge in [0.25, 0.3) is 0 Å². The van der Waals surface area contributed by atoms with Crippen LogP contribution >= 0.6 is 0 Å². The number of benzene rings is 1. The molecule has 2 aromatic rings. The molecule has 1 unspecified atom stereocenters. The van der Waals surface area contributed by atoms with Crippen LogP contribution in [0.1, 0.15) is 30.7 Å². The van der Waals surface area contributed by atoms with Crippen molar-refractivity contribution in [2.75, 3.05) is 11.9 Å². The molecule has 0 spiro atoms. The number of carbonyl (C=O) groups excluding carboxylic acids is 1. The maximum Gasteiger partial charge on any atom is 0.225 e. The quantitative estimate of drug-likeness (QED) is 0.912. The number of aromatic nitrogens is 2. The predicted molar refractivity (Wildman–Crippen MR) is 87.3 cm³/mol. The van der Waals surface area contributed by atoms with Crippen LogP contribution in [0.3, 0.4) is 0 Å². The summed E-state index contributed by atoms with van der Waals surface area (Å²) in [4.78, 5) is 12.3. The molecule has 5 heteroatoms. The van der Waals surface area contributed by atoms with Gasteiger partial charge in [0.1, 0.15) is 0 Å². The Kier molecular flexibility index (Phi) is 4.24. The number of carbonyl (C=O) groups is 1. The van der Waals surface area contributed by atoms with Gasteiger partial charge in [-0.25, -0.2) is 4.68 Å². The van der Waals surface area contributed by atoms with E-state index in [1.165, 1.54) is 0 Å². The van der Waals surface area contributed by atoms with Crippen LogP contribution in [-0.4, -0.2) is 28.3 Å². The van der Waals surface area contributed by atoms with Crippen molar-refractivity contribution in [2.24, 2.45) is 0 Å². The van der Waals surface area contributed by atoms with Gasteiger partial charge in [-0.1, -0.05) is 12.1 Å². The van der Waals surface area contributed by atoms with Crippen molar-refractivity contribution in [3.8, 4) is 5.69 Å². The molecule has 1 fully saturated rings. The first-order valence-corrected chi connectivity index (χ1v) is 7.79. The SMILES string of the molecule is Cc1cc(C)n(-c2ccccc2NC(=O)CC2CCCN2)n1. The zero-order valence-corrected chi connectivity index (χ0v) is 13.1. The highest BCUT2D eigenvalue weighted by Gasteiger charge is 2.18. The molecule has 0 aliphatic carbocycles. The van der Waals surface area contributed by atoms with Crippen LogP contribution in [0.25, 0.3) is 5.69 Å². The molecule has 1 aliphatic heterocycles. The molecule has 1 saturated heterocycles. The number of hydrogen-bond donors (Lipinski definition) is 2. The summed E-state index contributed by atoms with van der Waals surface area (Å²) in [6.07, 6.45) is 2.75. The van der Waals surface area contributed by atoms with Gasteiger partial charge in [0.15, 0.2) is 0 Å². The fourth-order valence-electron chi connectivity index (χ4n) is 2.99. The van der Waals surface area contributed by atoms with E-state index in [1.807, 2.05) is 48.9 Å². The maximum absolute atomic E-state index is 12.3. The van der Waals surface area contributed by atoms with Crippen molar-refractivity contribution in [1.29, 1.82) is 0 Å². The Bertz CT molecular complexity index is 671. The van der Waals surface area contributed by atoms with Crippen LogP contribution in [-0.2, 0) is 4.79 Å². The van der Waals surface area contributed by atoms with Crippen molar-refractivity contribution in [2.45, 2.75) is 39.2 Å². The van der Waals surface area contributed by atoms with Crippen molar-refractivity contribution >= 4 is 11.6 Å². The van der Waals surface area contributed by atoms with E-state index in [1.54, 1.807) is 0 Å². The second kappa shape index (κ2) is 6.32. The molecule has 2 heterocycles. The normalized spacial score (nSPS) is 17.6. The zero-order chi connectivity index (χ0) is 15.5. The summed E-state index contributed by atoms with van der Waals surface area (Å²) in [6.45, 7) is 5.00. The predicted octanol–water partition coefficient (Wildman–Crippen LogP) is 2.57. The Morgan fingerprint density at radius 3 is 2.91 bits per heavy atom. The summed E-state index contributed by atoms with van der Waals surface area (Å²) in [7, 11) is 0. The van der Waals surface area contributed by atoms with Crippen LogP contribution in [0.2, 0.25) is 0 Å². The summed E-state index contributed by atoms with van der Waals surface area (Å²) in [5.41, 5.74) is 3.72. The van der Waals surface area contributed by atoms with Crippen molar-refractivity contribution < 1.29 is 4.79 Å². The Morgan fingerprint density at radius 2 is 2.23 bits per heavy atom. The molecular weight excluding hydrogens is 276 g/mol. The molecule has 2 N–H and O–H groups in total. The largest absolute Gasteiger partial charge is 0.324 e. The number of para-hydroxylation sites is 2. The van der Waals surface area contributed by atoms with E-state index >= 15 is 0 Å². The molecule has 0 saturated carbocycles. The summed E-state index contributed by atoms with van der Waals surface area (Å²) in [5, 5.41) is 10.9. The number of rotatable bonds is 4. The molecule has 22 heavy (non-hydrogen) atoms. The Balaban J connectivity index is 1.79. The van der Waals surface area contributed by atoms with E-state index in [4.69, 9.17) is 0 Å². The third-order valence-electron chi connectivity index (χ3n) is 4.01. The van der Waals surface area contributed by atoms with Gasteiger partial charge in [0.2, 0.25) is 5.91 Å². The smallest absolute Gasteiger partial charge is 0.225 e. The lowest BCUT2D eigenvalue weighted by atomic mass is 10.1. The lowest BCUT2D eigenvalue weighted by Crippen LogP contribution is -2.27. The van der Waals surface area contributed by atoms with Gasteiger partial charge in [-0.3, -0.25) is 4.79 Å². The van der Waals surface area contributed by atoms with Crippen molar-refractivity contribution in [3.63, 3.8) is 0 Å². The molecule has 1 amide bonds. The van der Waals surface area contributed by atoms with Gasteiger partial charge in [0, 0.05) is 18.2 Å².